The number of rotatable bonds is 10. The van der Waals surface area contributed by atoms with Crippen LogP contribution in [-0.2, 0) is 19.4 Å². The van der Waals surface area contributed by atoms with Crippen molar-refractivity contribution in [3.05, 3.63) is 77.8 Å². The summed E-state index contributed by atoms with van der Waals surface area (Å²) in [4.78, 5) is 25.8. The monoisotopic (exact) mass is 513 g/mol. The number of hydrogen-bond donors (Lipinski definition) is 3. The standard InChI is InChI=1S/C29H35N7O2/c1-35(2)16-6-17-36-18-14-24-25(19-36)38-28-26(24)27(31-20-32-28)30-15-13-21-9-11-23(12-10-21)34-29(37)33-22-7-4-3-5-8-22/h3-5,7-12,20H,6,13-19H2,1-2H3,(H,30,31,32)(H2,33,34,37). The average Bonchev–Trinajstić information content (AvgIpc) is 3.29. The van der Waals surface area contributed by atoms with E-state index in [9.17, 15) is 4.79 Å². The molecule has 3 N–H and O–H groups in total. The van der Waals surface area contributed by atoms with Crippen molar-refractivity contribution in [3.63, 3.8) is 0 Å². The van der Waals surface area contributed by atoms with Gasteiger partial charge in [0.15, 0.2) is 0 Å². The number of carbonyl (C=O) groups excluding carboxylic acids is 1. The molecule has 0 saturated heterocycles. The summed E-state index contributed by atoms with van der Waals surface area (Å²) in [6.07, 6.45) is 4.48. The molecule has 1 aliphatic rings. The normalized spacial score (nSPS) is 13.4. The number of urea groups is 1. The number of nitrogens with zero attached hydrogens (tertiary/aromatic N) is 4. The van der Waals surface area contributed by atoms with Crippen LogP contribution < -0.4 is 16.0 Å². The van der Waals surface area contributed by atoms with E-state index >= 15 is 0 Å². The number of para-hydroxylation sites is 1. The van der Waals surface area contributed by atoms with E-state index in [4.69, 9.17) is 4.42 Å². The lowest BCUT2D eigenvalue weighted by Crippen LogP contribution is -2.32. The molecule has 9 heteroatoms. The van der Waals surface area contributed by atoms with E-state index in [0.29, 0.717) is 5.71 Å². The number of aromatic nitrogens is 2. The first-order chi connectivity index (χ1) is 18.5. The maximum Gasteiger partial charge on any atom is 0.323 e. The predicted octanol–water partition coefficient (Wildman–Crippen LogP) is 4.83. The summed E-state index contributed by atoms with van der Waals surface area (Å²) in [6.45, 7) is 4.72. The zero-order valence-corrected chi connectivity index (χ0v) is 22.0. The second kappa shape index (κ2) is 12.1. The van der Waals surface area contributed by atoms with Crippen molar-refractivity contribution in [2.24, 2.45) is 0 Å². The number of fused-ring (bicyclic) bond motifs is 3. The summed E-state index contributed by atoms with van der Waals surface area (Å²) in [7, 11) is 4.22. The van der Waals surface area contributed by atoms with Crippen molar-refractivity contribution in [1.29, 1.82) is 0 Å². The van der Waals surface area contributed by atoms with E-state index in [-0.39, 0.29) is 6.03 Å². The van der Waals surface area contributed by atoms with Crippen molar-refractivity contribution in [3.8, 4) is 0 Å². The zero-order chi connectivity index (χ0) is 26.3. The Morgan fingerprint density at radius 2 is 1.79 bits per heavy atom. The smallest absolute Gasteiger partial charge is 0.323 e. The fourth-order valence-electron chi connectivity index (χ4n) is 4.81. The van der Waals surface area contributed by atoms with Crippen LogP contribution in [0.25, 0.3) is 11.1 Å². The SMILES string of the molecule is CN(C)CCCN1CCc2c(oc3ncnc(NCCc4ccc(NC(=O)Nc5ccccc5)cc4)c23)C1. The second-order valence-corrected chi connectivity index (χ2v) is 9.91. The van der Waals surface area contributed by atoms with Gasteiger partial charge in [0.1, 0.15) is 17.9 Å². The summed E-state index contributed by atoms with van der Waals surface area (Å²) < 4.78 is 6.15. The average molecular weight is 514 g/mol. The number of nitrogens with one attached hydrogen (secondary N) is 3. The molecule has 5 rings (SSSR count). The van der Waals surface area contributed by atoms with Gasteiger partial charge in [-0.1, -0.05) is 30.3 Å². The molecule has 0 fully saturated rings. The molecule has 2 aromatic carbocycles. The summed E-state index contributed by atoms with van der Waals surface area (Å²) in [5.74, 6) is 1.84. The van der Waals surface area contributed by atoms with Crippen LogP contribution in [0.5, 0.6) is 0 Å². The topological polar surface area (TPSA) is 98.6 Å². The Morgan fingerprint density at radius 1 is 1.03 bits per heavy atom. The van der Waals surface area contributed by atoms with Gasteiger partial charge >= 0.3 is 6.03 Å². The maximum absolute atomic E-state index is 12.2. The van der Waals surface area contributed by atoms with Crippen LogP contribution in [0.15, 0.2) is 65.3 Å². The highest BCUT2D eigenvalue weighted by Gasteiger charge is 2.25. The van der Waals surface area contributed by atoms with E-state index in [1.807, 2.05) is 54.6 Å². The first kappa shape index (κ1) is 25.7. The van der Waals surface area contributed by atoms with Gasteiger partial charge in [-0.15, -0.1) is 0 Å². The zero-order valence-electron chi connectivity index (χ0n) is 22.0. The number of amides is 2. The van der Waals surface area contributed by atoms with Crippen molar-refractivity contribution in [1.82, 2.24) is 19.8 Å². The van der Waals surface area contributed by atoms with Gasteiger partial charge in [-0.2, -0.15) is 0 Å². The molecule has 4 aromatic rings. The van der Waals surface area contributed by atoms with Crippen LogP contribution in [0.1, 0.15) is 23.3 Å². The van der Waals surface area contributed by atoms with Crippen molar-refractivity contribution in [2.45, 2.75) is 25.8 Å². The number of carbonyl (C=O) groups is 1. The number of benzene rings is 2. The third-order valence-electron chi connectivity index (χ3n) is 6.75. The summed E-state index contributed by atoms with van der Waals surface area (Å²) in [5.41, 5.74) is 4.55. The number of hydrogen-bond acceptors (Lipinski definition) is 7. The Balaban J connectivity index is 1.15. The highest BCUT2D eigenvalue weighted by atomic mass is 16.3. The molecule has 0 radical (unpaired) electrons. The van der Waals surface area contributed by atoms with Gasteiger partial charge in [0.25, 0.3) is 0 Å². The molecule has 0 unspecified atom stereocenters. The molecule has 1 aliphatic heterocycles. The molecular weight excluding hydrogens is 478 g/mol. The van der Waals surface area contributed by atoms with Crippen molar-refractivity contribution >= 4 is 34.3 Å². The molecule has 198 valence electrons. The van der Waals surface area contributed by atoms with Gasteiger partial charge in [-0.05, 0) is 76.3 Å². The van der Waals surface area contributed by atoms with Crippen molar-refractivity contribution < 1.29 is 9.21 Å². The minimum absolute atomic E-state index is 0.265. The van der Waals surface area contributed by atoms with Gasteiger partial charge in [-0.3, -0.25) is 4.90 Å². The lowest BCUT2D eigenvalue weighted by atomic mass is 10.0. The molecule has 38 heavy (non-hydrogen) atoms. The summed E-state index contributed by atoms with van der Waals surface area (Å²) >= 11 is 0. The first-order valence-corrected chi connectivity index (χ1v) is 13.1. The highest BCUT2D eigenvalue weighted by Crippen LogP contribution is 2.33. The molecule has 2 aromatic heterocycles. The second-order valence-electron chi connectivity index (χ2n) is 9.91. The molecule has 9 nitrogen and oxygen atoms in total. The Morgan fingerprint density at radius 3 is 2.55 bits per heavy atom. The molecule has 0 atom stereocenters. The molecule has 3 heterocycles. The van der Waals surface area contributed by atoms with E-state index in [1.165, 1.54) is 11.1 Å². The number of furan rings is 1. The van der Waals surface area contributed by atoms with Crippen LogP contribution in [0.2, 0.25) is 0 Å². The molecule has 0 aliphatic carbocycles. The van der Waals surface area contributed by atoms with Crippen LogP contribution in [0, 0.1) is 0 Å². The maximum atomic E-state index is 12.2. The molecule has 2 amide bonds. The van der Waals surface area contributed by atoms with Crippen LogP contribution in [-0.4, -0.2) is 66.1 Å². The molecule has 0 bridgehead atoms. The Hall–Kier alpha value is -3.95. The third kappa shape index (κ3) is 6.48. The third-order valence-corrected chi connectivity index (χ3v) is 6.75. The minimum atomic E-state index is -0.265. The van der Waals surface area contributed by atoms with Gasteiger partial charge in [0, 0.05) is 30.0 Å². The quantitative estimate of drug-likeness (QED) is 0.279. The fourth-order valence-corrected chi connectivity index (χ4v) is 4.81. The summed E-state index contributed by atoms with van der Waals surface area (Å²) in [6, 6.07) is 17.0. The molecular formula is C29H35N7O2. The number of anilines is 3. The van der Waals surface area contributed by atoms with Crippen LogP contribution in [0.4, 0.5) is 22.0 Å². The van der Waals surface area contributed by atoms with Gasteiger partial charge in [0.05, 0.1) is 11.9 Å². The van der Waals surface area contributed by atoms with Crippen LogP contribution >= 0.6 is 0 Å². The van der Waals surface area contributed by atoms with Crippen molar-refractivity contribution in [2.75, 3.05) is 56.2 Å². The van der Waals surface area contributed by atoms with E-state index in [0.717, 1.165) is 80.3 Å². The highest BCUT2D eigenvalue weighted by molar-refractivity contribution is 5.99. The van der Waals surface area contributed by atoms with E-state index in [2.05, 4.69) is 49.8 Å². The van der Waals surface area contributed by atoms with Gasteiger partial charge < -0.3 is 25.3 Å². The van der Waals surface area contributed by atoms with Crippen LogP contribution in [0.3, 0.4) is 0 Å². The molecule has 0 saturated carbocycles. The lowest BCUT2D eigenvalue weighted by molar-refractivity contribution is 0.219. The molecule has 0 spiro atoms. The van der Waals surface area contributed by atoms with E-state index < -0.39 is 0 Å². The lowest BCUT2D eigenvalue weighted by Gasteiger charge is -2.26. The Bertz CT molecular complexity index is 1350. The minimum Gasteiger partial charge on any atom is -0.441 e. The fraction of sp³-hybridized carbons (Fsp3) is 0.345. The van der Waals surface area contributed by atoms with Gasteiger partial charge in [0.2, 0.25) is 5.71 Å². The van der Waals surface area contributed by atoms with Gasteiger partial charge in [-0.25, -0.2) is 14.8 Å². The largest absolute Gasteiger partial charge is 0.441 e. The Kier molecular flexibility index (Phi) is 8.15. The first-order valence-electron chi connectivity index (χ1n) is 13.1. The Labute approximate surface area is 223 Å². The summed E-state index contributed by atoms with van der Waals surface area (Å²) in [5, 5.41) is 10.2. The van der Waals surface area contributed by atoms with E-state index in [1.54, 1.807) is 6.33 Å². The predicted molar refractivity (Wildman–Crippen MR) is 152 cm³/mol.